The zero-order chi connectivity index (χ0) is 13.8. The van der Waals surface area contributed by atoms with E-state index in [9.17, 15) is 0 Å². The molecule has 0 aliphatic rings. The first-order chi connectivity index (χ1) is 9.90. The first-order valence-corrected chi connectivity index (χ1v) is 7.73. The van der Waals surface area contributed by atoms with Crippen molar-refractivity contribution in [1.82, 2.24) is 15.3 Å². The first-order valence-electron chi connectivity index (χ1n) is 6.85. The van der Waals surface area contributed by atoms with Crippen molar-refractivity contribution in [1.29, 1.82) is 0 Å². The van der Waals surface area contributed by atoms with Crippen molar-refractivity contribution in [3.05, 3.63) is 58.8 Å². The van der Waals surface area contributed by atoms with E-state index in [1.165, 1.54) is 16.3 Å². The Morgan fingerprint density at radius 3 is 2.95 bits per heavy atom. The minimum Gasteiger partial charge on any atom is -0.304 e. The minimum absolute atomic E-state index is 0.119. The van der Waals surface area contributed by atoms with Crippen molar-refractivity contribution >= 4 is 22.1 Å². The Morgan fingerprint density at radius 2 is 2.15 bits per heavy atom. The smallest absolute Gasteiger partial charge is 0.114 e. The summed E-state index contributed by atoms with van der Waals surface area (Å²) >= 11 is 1.68. The number of nitrogens with zero attached hydrogens (tertiary/aromatic N) is 2. The van der Waals surface area contributed by atoms with Gasteiger partial charge in [0.1, 0.15) is 5.01 Å². The second-order valence-electron chi connectivity index (χ2n) is 4.71. The monoisotopic (exact) mass is 283 g/mol. The lowest BCUT2D eigenvalue weighted by Gasteiger charge is -2.18. The van der Waals surface area contributed by atoms with Gasteiger partial charge in [-0.25, -0.2) is 4.98 Å². The Balaban J connectivity index is 2.09. The molecule has 0 amide bonds. The van der Waals surface area contributed by atoms with E-state index in [1.807, 2.05) is 30.0 Å². The highest BCUT2D eigenvalue weighted by molar-refractivity contribution is 7.09. The maximum Gasteiger partial charge on any atom is 0.114 e. The molecular formula is C16H17N3S. The topological polar surface area (TPSA) is 37.8 Å². The average Bonchev–Trinajstić information content (AvgIpc) is 3.02. The fraction of sp³-hybridized carbons (Fsp3) is 0.250. The first kappa shape index (κ1) is 13.2. The number of nitrogens with one attached hydrogen (secondary N) is 1. The highest BCUT2D eigenvalue weighted by Crippen LogP contribution is 2.29. The number of aromatic nitrogens is 2. The Hall–Kier alpha value is -1.78. The van der Waals surface area contributed by atoms with E-state index in [0.717, 1.165) is 18.0 Å². The molecule has 0 radical (unpaired) electrons. The third-order valence-corrected chi connectivity index (χ3v) is 4.15. The minimum atomic E-state index is 0.119. The summed E-state index contributed by atoms with van der Waals surface area (Å²) in [5, 5.41) is 9.12. The number of hydrogen-bond donors (Lipinski definition) is 1. The molecule has 0 saturated heterocycles. The summed E-state index contributed by atoms with van der Waals surface area (Å²) < 4.78 is 0. The maximum atomic E-state index is 4.48. The van der Waals surface area contributed by atoms with E-state index in [2.05, 4.69) is 40.4 Å². The summed E-state index contributed by atoms with van der Waals surface area (Å²) in [7, 11) is 0. The van der Waals surface area contributed by atoms with Gasteiger partial charge in [-0.3, -0.25) is 4.98 Å². The highest BCUT2D eigenvalue weighted by atomic mass is 32.1. The number of benzene rings is 1. The van der Waals surface area contributed by atoms with Gasteiger partial charge in [0.05, 0.1) is 6.04 Å². The molecule has 1 atom stereocenters. The molecule has 3 nitrogen and oxygen atoms in total. The molecule has 1 unspecified atom stereocenters. The van der Waals surface area contributed by atoms with E-state index < -0.39 is 0 Å². The molecule has 1 N–H and O–H groups in total. The molecule has 3 aromatic rings. The van der Waals surface area contributed by atoms with Crippen LogP contribution < -0.4 is 5.32 Å². The molecule has 2 aromatic heterocycles. The van der Waals surface area contributed by atoms with Crippen LogP contribution in [0, 0.1) is 0 Å². The second kappa shape index (κ2) is 6.11. The van der Waals surface area contributed by atoms with Gasteiger partial charge in [0.25, 0.3) is 0 Å². The molecule has 4 heteroatoms. The van der Waals surface area contributed by atoms with Crippen LogP contribution in [0.25, 0.3) is 10.8 Å². The predicted molar refractivity (Wildman–Crippen MR) is 84.0 cm³/mol. The van der Waals surface area contributed by atoms with E-state index in [0.29, 0.717) is 0 Å². The van der Waals surface area contributed by atoms with Crippen LogP contribution in [0.15, 0.2) is 48.2 Å². The Kier molecular flexibility index (Phi) is 4.04. The molecule has 0 bridgehead atoms. The zero-order valence-electron chi connectivity index (χ0n) is 11.4. The van der Waals surface area contributed by atoms with Crippen LogP contribution in [0.5, 0.6) is 0 Å². The van der Waals surface area contributed by atoms with E-state index >= 15 is 0 Å². The molecule has 2 heterocycles. The summed E-state index contributed by atoms with van der Waals surface area (Å²) in [6, 6.07) is 8.50. The molecule has 0 fully saturated rings. The van der Waals surface area contributed by atoms with Crippen LogP contribution in [0.4, 0.5) is 0 Å². The molecule has 0 saturated carbocycles. The number of rotatable bonds is 5. The van der Waals surface area contributed by atoms with Crippen molar-refractivity contribution in [2.45, 2.75) is 19.4 Å². The number of fused-ring (bicyclic) bond motifs is 1. The summed E-state index contributed by atoms with van der Waals surface area (Å²) in [6.07, 6.45) is 6.83. The van der Waals surface area contributed by atoms with Crippen LogP contribution in [0.1, 0.15) is 30.0 Å². The third-order valence-electron chi connectivity index (χ3n) is 3.31. The van der Waals surface area contributed by atoms with Crippen LogP contribution in [0.2, 0.25) is 0 Å². The summed E-state index contributed by atoms with van der Waals surface area (Å²) in [5.41, 5.74) is 1.20. The van der Waals surface area contributed by atoms with Crippen LogP contribution in [-0.2, 0) is 0 Å². The molecule has 0 aliphatic carbocycles. The van der Waals surface area contributed by atoms with Crippen molar-refractivity contribution in [2.24, 2.45) is 0 Å². The molecule has 1 aromatic carbocycles. The molecule has 20 heavy (non-hydrogen) atoms. The number of thiazole rings is 1. The van der Waals surface area contributed by atoms with Gasteiger partial charge < -0.3 is 5.32 Å². The SMILES string of the molecule is CCCNC(c1nccs1)c1cncc2ccccc12. The lowest BCUT2D eigenvalue weighted by molar-refractivity contribution is 0.597. The van der Waals surface area contributed by atoms with Gasteiger partial charge in [0, 0.05) is 34.9 Å². The fourth-order valence-electron chi connectivity index (χ4n) is 2.37. The Morgan fingerprint density at radius 1 is 1.25 bits per heavy atom. The normalized spacial score (nSPS) is 12.7. The van der Waals surface area contributed by atoms with Gasteiger partial charge >= 0.3 is 0 Å². The second-order valence-corrected chi connectivity index (χ2v) is 5.63. The third kappa shape index (κ3) is 2.57. The summed E-state index contributed by atoms with van der Waals surface area (Å²) in [5.74, 6) is 0. The largest absolute Gasteiger partial charge is 0.304 e. The number of pyridine rings is 1. The molecule has 3 rings (SSSR count). The average molecular weight is 283 g/mol. The van der Waals surface area contributed by atoms with Crippen molar-refractivity contribution in [3.63, 3.8) is 0 Å². The highest BCUT2D eigenvalue weighted by Gasteiger charge is 2.18. The quantitative estimate of drug-likeness (QED) is 0.774. The van der Waals surface area contributed by atoms with Crippen molar-refractivity contribution < 1.29 is 0 Å². The Labute approximate surface area is 122 Å². The van der Waals surface area contributed by atoms with Crippen LogP contribution in [-0.4, -0.2) is 16.5 Å². The summed E-state index contributed by atoms with van der Waals surface area (Å²) in [4.78, 5) is 8.87. The maximum absolute atomic E-state index is 4.48. The lowest BCUT2D eigenvalue weighted by Crippen LogP contribution is -2.23. The van der Waals surface area contributed by atoms with Crippen LogP contribution in [0.3, 0.4) is 0 Å². The van der Waals surface area contributed by atoms with E-state index in [1.54, 1.807) is 11.3 Å². The number of hydrogen-bond acceptors (Lipinski definition) is 4. The standard InChI is InChI=1S/C16H17N3S/c1-2-7-18-15(16-19-8-9-20-16)14-11-17-10-12-5-3-4-6-13(12)14/h3-6,8-11,15,18H,2,7H2,1H3. The van der Waals surface area contributed by atoms with Gasteiger partial charge in [-0.1, -0.05) is 31.2 Å². The lowest BCUT2D eigenvalue weighted by atomic mass is 10.0. The van der Waals surface area contributed by atoms with Gasteiger partial charge in [0.15, 0.2) is 0 Å². The molecular weight excluding hydrogens is 266 g/mol. The fourth-order valence-corrected chi connectivity index (χ4v) is 3.10. The molecule has 0 aliphatic heterocycles. The Bertz CT molecular complexity index is 674. The predicted octanol–water partition coefficient (Wildman–Crippen LogP) is 3.78. The van der Waals surface area contributed by atoms with Crippen molar-refractivity contribution in [2.75, 3.05) is 6.54 Å². The van der Waals surface area contributed by atoms with E-state index in [4.69, 9.17) is 0 Å². The van der Waals surface area contributed by atoms with Gasteiger partial charge in [-0.05, 0) is 18.4 Å². The van der Waals surface area contributed by atoms with Gasteiger partial charge in [-0.2, -0.15) is 0 Å². The molecule has 102 valence electrons. The van der Waals surface area contributed by atoms with Gasteiger partial charge in [-0.15, -0.1) is 11.3 Å². The molecule has 0 spiro atoms. The zero-order valence-corrected chi connectivity index (χ0v) is 12.2. The van der Waals surface area contributed by atoms with Crippen LogP contribution >= 0.6 is 11.3 Å². The summed E-state index contributed by atoms with van der Waals surface area (Å²) in [6.45, 7) is 3.14. The van der Waals surface area contributed by atoms with Crippen molar-refractivity contribution in [3.8, 4) is 0 Å². The van der Waals surface area contributed by atoms with Gasteiger partial charge in [0.2, 0.25) is 0 Å². The van der Waals surface area contributed by atoms with E-state index in [-0.39, 0.29) is 6.04 Å².